The van der Waals surface area contributed by atoms with E-state index >= 15 is 0 Å². The maximum Gasteiger partial charge on any atom is 0.226 e. The number of hydrazine groups is 1. The molecule has 0 radical (unpaired) electrons. The predicted octanol–water partition coefficient (Wildman–Crippen LogP) is 1.84. The molecule has 8 nitrogen and oxygen atoms in total. The van der Waals surface area contributed by atoms with Gasteiger partial charge >= 0.3 is 0 Å². The van der Waals surface area contributed by atoms with E-state index in [9.17, 15) is 4.79 Å². The second-order valence-electron chi connectivity index (χ2n) is 10.6. The van der Waals surface area contributed by atoms with E-state index in [4.69, 9.17) is 4.74 Å². The van der Waals surface area contributed by atoms with E-state index in [2.05, 4.69) is 44.0 Å². The SMILES string of the molecule is CC1(OC2CCC3NNC(c4cc(N5CCC6(CCNC6=O)CC5)ncn4)C3C2)CC1. The lowest BCUT2D eigenvalue weighted by molar-refractivity contribution is -0.128. The van der Waals surface area contributed by atoms with Crippen molar-refractivity contribution in [1.82, 2.24) is 26.1 Å². The van der Waals surface area contributed by atoms with Crippen LogP contribution in [0.15, 0.2) is 12.4 Å². The van der Waals surface area contributed by atoms with Crippen LogP contribution in [0, 0.1) is 11.3 Å². The molecule has 3 aliphatic heterocycles. The summed E-state index contributed by atoms with van der Waals surface area (Å²) in [6.07, 6.45) is 10.6. The molecule has 5 fully saturated rings. The van der Waals surface area contributed by atoms with Crippen molar-refractivity contribution in [2.45, 2.75) is 82.1 Å². The van der Waals surface area contributed by atoms with Crippen molar-refractivity contribution >= 4 is 11.7 Å². The predicted molar refractivity (Wildman–Crippen MR) is 116 cm³/mol. The fourth-order valence-electron chi connectivity index (χ4n) is 6.17. The minimum atomic E-state index is -0.147. The lowest BCUT2D eigenvalue weighted by atomic mass is 9.77. The molecule has 4 unspecified atom stereocenters. The Labute approximate surface area is 183 Å². The average molecular weight is 427 g/mol. The van der Waals surface area contributed by atoms with Crippen LogP contribution in [0.25, 0.3) is 0 Å². The zero-order valence-electron chi connectivity index (χ0n) is 18.4. The second kappa shape index (κ2) is 7.39. The summed E-state index contributed by atoms with van der Waals surface area (Å²) in [6, 6.07) is 2.81. The van der Waals surface area contributed by atoms with Gasteiger partial charge in [0.25, 0.3) is 0 Å². The zero-order chi connectivity index (χ0) is 21.1. The Morgan fingerprint density at radius 1 is 1.10 bits per heavy atom. The molecule has 168 valence electrons. The van der Waals surface area contributed by atoms with Gasteiger partial charge in [0.1, 0.15) is 12.1 Å². The molecule has 2 aliphatic carbocycles. The van der Waals surface area contributed by atoms with Crippen LogP contribution >= 0.6 is 0 Å². The molecule has 8 heteroatoms. The third-order valence-electron chi connectivity index (χ3n) is 8.52. The molecule has 1 spiro atoms. The van der Waals surface area contributed by atoms with Crippen LogP contribution in [0.2, 0.25) is 0 Å². The highest BCUT2D eigenvalue weighted by atomic mass is 16.5. The Bertz CT molecular complexity index is 850. The Balaban J connectivity index is 1.15. The Morgan fingerprint density at radius 3 is 2.68 bits per heavy atom. The molecule has 1 amide bonds. The second-order valence-corrected chi connectivity index (χ2v) is 10.6. The molecule has 3 saturated heterocycles. The standard InChI is InChI=1S/C23H34N6O2/c1-22(4-5-22)31-15-2-3-17-16(12-15)20(28-27-17)18-13-19(26-14-25-18)29-10-7-23(8-11-29)6-9-24-21(23)30/h13-17,20,27-28H,2-12H2,1H3,(H,24,30). The highest BCUT2D eigenvalue weighted by Gasteiger charge is 2.47. The quantitative estimate of drug-likeness (QED) is 0.677. The summed E-state index contributed by atoms with van der Waals surface area (Å²) in [4.78, 5) is 23.9. The first-order valence-electron chi connectivity index (χ1n) is 12.1. The van der Waals surface area contributed by atoms with Gasteiger partial charge in [-0.05, 0) is 58.3 Å². The van der Waals surface area contributed by atoms with Crippen LogP contribution < -0.4 is 21.1 Å². The maximum atomic E-state index is 12.3. The smallest absolute Gasteiger partial charge is 0.226 e. The molecule has 31 heavy (non-hydrogen) atoms. The number of rotatable bonds is 4. The lowest BCUT2D eigenvalue weighted by Crippen LogP contribution is -2.44. The number of carbonyl (C=O) groups excluding carboxylic acids is 1. The maximum absolute atomic E-state index is 12.3. The van der Waals surface area contributed by atoms with E-state index < -0.39 is 0 Å². The summed E-state index contributed by atoms with van der Waals surface area (Å²) in [6.45, 7) is 4.82. The molecule has 4 atom stereocenters. The van der Waals surface area contributed by atoms with E-state index in [1.807, 2.05) is 0 Å². The van der Waals surface area contributed by atoms with Crippen LogP contribution in [0.3, 0.4) is 0 Å². The highest BCUT2D eigenvalue weighted by Crippen LogP contribution is 2.45. The largest absolute Gasteiger partial charge is 0.372 e. The number of piperidine rings is 1. The fraction of sp³-hybridized carbons (Fsp3) is 0.783. The van der Waals surface area contributed by atoms with E-state index in [1.165, 1.54) is 12.8 Å². The monoisotopic (exact) mass is 426 g/mol. The molecule has 2 saturated carbocycles. The number of fused-ring (bicyclic) bond motifs is 1. The molecule has 5 aliphatic rings. The van der Waals surface area contributed by atoms with Crippen LogP contribution in [-0.4, -0.2) is 53.3 Å². The van der Waals surface area contributed by atoms with Crippen LogP contribution in [-0.2, 0) is 9.53 Å². The Kier molecular flexibility index (Phi) is 4.74. The number of hydrogen-bond acceptors (Lipinski definition) is 7. The third-order valence-corrected chi connectivity index (χ3v) is 8.52. The number of ether oxygens (including phenoxy) is 1. The number of nitrogens with zero attached hydrogens (tertiary/aromatic N) is 3. The normalized spacial score (nSPS) is 35.8. The average Bonchev–Trinajstić information content (AvgIpc) is 3.20. The van der Waals surface area contributed by atoms with Gasteiger partial charge in [0.05, 0.1) is 28.9 Å². The first-order valence-corrected chi connectivity index (χ1v) is 12.1. The molecule has 0 bridgehead atoms. The summed E-state index contributed by atoms with van der Waals surface area (Å²) >= 11 is 0. The number of anilines is 1. The van der Waals surface area contributed by atoms with Gasteiger partial charge in [0.2, 0.25) is 5.91 Å². The van der Waals surface area contributed by atoms with Crippen molar-refractivity contribution < 1.29 is 9.53 Å². The molecule has 3 N–H and O–H groups in total. The van der Waals surface area contributed by atoms with E-state index in [1.54, 1.807) is 6.33 Å². The fourth-order valence-corrected chi connectivity index (χ4v) is 6.17. The number of amides is 1. The van der Waals surface area contributed by atoms with Crippen molar-refractivity contribution in [3.8, 4) is 0 Å². The lowest BCUT2D eigenvalue weighted by Gasteiger charge is -2.38. The molecule has 6 rings (SSSR count). The first kappa shape index (κ1) is 19.9. The minimum absolute atomic E-state index is 0.135. The van der Waals surface area contributed by atoms with E-state index in [0.29, 0.717) is 18.1 Å². The van der Waals surface area contributed by atoms with Gasteiger partial charge in [-0.1, -0.05) is 0 Å². The molecular formula is C23H34N6O2. The Hall–Kier alpha value is -1.77. The molecular weight excluding hydrogens is 392 g/mol. The van der Waals surface area contributed by atoms with Gasteiger partial charge in [-0.15, -0.1) is 0 Å². The third kappa shape index (κ3) is 3.62. The summed E-state index contributed by atoms with van der Waals surface area (Å²) < 4.78 is 6.43. The summed E-state index contributed by atoms with van der Waals surface area (Å²) in [7, 11) is 0. The Morgan fingerprint density at radius 2 is 1.94 bits per heavy atom. The van der Waals surface area contributed by atoms with Crippen LogP contribution in [0.5, 0.6) is 0 Å². The molecule has 1 aromatic heterocycles. The van der Waals surface area contributed by atoms with Gasteiger partial charge in [-0.3, -0.25) is 10.2 Å². The first-order chi connectivity index (χ1) is 15.0. The molecule has 0 aromatic carbocycles. The summed E-state index contributed by atoms with van der Waals surface area (Å²) in [5.74, 6) is 1.71. The number of nitrogens with one attached hydrogen (secondary N) is 3. The topological polar surface area (TPSA) is 91.4 Å². The molecule has 1 aromatic rings. The van der Waals surface area contributed by atoms with Gasteiger partial charge in [0, 0.05) is 37.7 Å². The van der Waals surface area contributed by atoms with Gasteiger partial charge < -0.3 is 15.0 Å². The van der Waals surface area contributed by atoms with Gasteiger partial charge in [-0.25, -0.2) is 15.4 Å². The zero-order valence-corrected chi connectivity index (χ0v) is 18.4. The van der Waals surface area contributed by atoms with Crippen LogP contribution in [0.4, 0.5) is 5.82 Å². The van der Waals surface area contributed by atoms with Crippen molar-refractivity contribution in [3.05, 3.63) is 18.1 Å². The summed E-state index contributed by atoms with van der Waals surface area (Å²) in [5, 5.41) is 3.02. The van der Waals surface area contributed by atoms with E-state index in [-0.39, 0.29) is 23.0 Å². The number of aromatic nitrogens is 2. The number of carbonyl (C=O) groups is 1. The van der Waals surface area contributed by atoms with Crippen molar-refractivity contribution in [3.63, 3.8) is 0 Å². The van der Waals surface area contributed by atoms with Gasteiger partial charge in [-0.2, -0.15) is 0 Å². The van der Waals surface area contributed by atoms with Crippen molar-refractivity contribution in [2.75, 3.05) is 24.5 Å². The van der Waals surface area contributed by atoms with Crippen molar-refractivity contribution in [2.24, 2.45) is 11.3 Å². The van der Waals surface area contributed by atoms with Crippen LogP contribution in [0.1, 0.15) is 70.0 Å². The van der Waals surface area contributed by atoms with Crippen molar-refractivity contribution in [1.29, 1.82) is 0 Å². The molecule has 4 heterocycles. The minimum Gasteiger partial charge on any atom is -0.372 e. The highest BCUT2D eigenvalue weighted by molar-refractivity contribution is 5.85. The number of hydrogen-bond donors (Lipinski definition) is 3. The summed E-state index contributed by atoms with van der Waals surface area (Å²) in [5.41, 5.74) is 8.09. The van der Waals surface area contributed by atoms with Gasteiger partial charge in [0.15, 0.2) is 0 Å². The van der Waals surface area contributed by atoms with E-state index in [0.717, 1.165) is 69.7 Å².